The molecule has 3 heteroatoms. The zero-order valence-electron chi connectivity index (χ0n) is 12.8. The van der Waals surface area contributed by atoms with Crippen LogP contribution in [0.2, 0.25) is 0 Å². The number of nitrogens with zero attached hydrogens (tertiary/aromatic N) is 1. The van der Waals surface area contributed by atoms with Gasteiger partial charge in [0.25, 0.3) is 0 Å². The summed E-state index contributed by atoms with van der Waals surface area (Å²) in [6.07, 6.45) is 3.14. The zero-order valence-corrected chi connectivity index (χ0v) is 12.8. The third-order valence-electron chi connectivity index (χ3n) is 2.76. The predicted molar refractivity (Wildman–Crippen MR) is 80.6 cm³/mol. The van der Waals surface area contributed by atoms with Crippen molar-refractivity contribution in [2.24, 2.45) is 5.92 Å². The van der Waals surface area contributed by atoms with Crippen LogP contribution in [0.4, 0.5) is 0 Å². The average molecular weight is 264 g/mol. The summed E-state index contributed by atoms with van der Waals surface area (Å²) in [5.74, 6) is 1.45. The summed E-state index contributed by atoms with van der Waals surface area (Å²) in [4.78, 5) is 4.55. The molecule has 1 aromatic heterocycles. The molecule has 0 atom stereocenters. The van der Waals surface area contributed by atoms with E-state index in [9.17, 15) is 0 Å². The molecule has 1 heterocycles. The third kappa shape index (κ3) is 6.58. The fourth-order valence-electron chi connectivity index (χ4n) is 1.89. The Morgan fingerprint density at radius 2 is 2.00 bits per heavy atom. The average Bonchev–Trinajstić information content (AvgIpc) is 2.36. The van der Waals surface area contributed by atoms with Crippen molar-refractivity contribution in [3.8, 4) is 5.88 Å². The molecule has 0 spiro atoms. The molecule has 0 radical (unpaired) electrons. The van der Waals surface area contributed by atoms with Gasteiger partial charge in [-0.1, -0.05) is 34.1 Å². The molecular formula is C16H28N2O. The number of ether oxygens (including phenoxy) is 1. The lowest BCUT2D eigenvalue weighted by Gasteiger charge is -2.11. The Morgan fingerprint density at radius 3 is 2.63 bits per heavy atom. The number of rotatable bonds is 9. The summed E-state index contributed by atoms with van der Waals surface area (Å²) in [5.41, 5.74) is 2.41. The van der Waals surface area contributed by atoms with Crippen LogP contribution in [-0.2, 0) is 13.0 Å². The SMILES string of the molecule is CCCOc1cc(CNCC(C)C)cc(CCC)n1. The Hall–Kier alpha value is -1.09. The van der Waals surface area contributed by atoms with Gasteiger partial charge >= 0.3 is 0 Å². The van der Waals surface area contributed by atoms with Gasteiger partial charge in [0, 0.05) is 18.3 Å². The Bertz CT molecular complexity index is 364. The molecule has 0 unspecified atom stereocenters. The van der Waals surface area contributed by atoms with Crippen LogP contribution in [0.5, 0.6) is 5.88 Å². The molecule has 0 fully saturated rings. The van der Waals surface area contributed by atoms with E-state index in [0.717, 1.165) is 50.5 Å². The first-order valence-corrected chi connectivity index (χ1v) is 7.49. The van der Waals surface area contributed by atoms with E-state index in [1.807, 2.05) is 0 Å². The van der Waals surface area contributed by atoms with Crippen LogP contribution >= 0.6 is 0 Å². The van der Waals surface area contributed by atoms with Gasteiger partial charge in [-0.15, -0.1) is 0 Å². The Morgan fingerprint density at radius 1 is 1.21 bits per heavy atom. The van der Waals surface area contributed by atoms with Crippen LogP contribution in [-0.4, -0.2) is 18.1 Å². The summed E-state index contributed by atoms with van der Waals surface area (Å²) in [6.45, 7) is 11.4. The van der Waals surface area contributed by atoms with Crippen molar-refractivity contribution in [3.63, 3.8) is 0 Å². The van der Waals surface area contributed by atoms with E-state index in [4.69, 9.17) is 4.74 Å². The van der Waals surface area contributed by atoms with Gasteiger partial charge in [0.2, 0.25) is 5.88 Å². The smallest absolute Gasteiger partial charge is 0.213 e. The zero-order chi connectivity index (χ0) is 14.1. The van der Waals surface area contributed by atoms with Gasteiger partial charge in [-0.05, 0) is 36.9 Å². The molecule has 0 aliphatic rings. The van der Waals surface area contributed by atoms with E-state index in [2.05, 4.69) is 50.1 Å². The quantitative estimate of drug-likeness (QED) is 0.740. The second-order valence-corrected chi connectivity index (χ2v) is 5.43. The van der Waals surface area contributed by atoms with Crippen molar-refractivity contribution >= 4 is 0 Å². The summed E-state index contributed by atoms with van der Waals surface area (Å²) in [7, 11) is 0. The normalized spacial score (nSPS) is 11.0. The highest BCUT2D eigenvalue weighted by Crippen LogP contribution is 2.14. The first kappa shape index (κ1) is 16.0. The minimum atomic E-state index is 0.674. The molecule has 0 bridgehead atoms. The van der Waals surface area contributed by atoms with Crippen molar-refractivity contribution < 1.29 is 4.74 Å². The molecule has 0 amide bonds. The fourth-order valence-corrected chi connectivity index (χ4v) is 1.89. The topological polar surface area (TPSA) is 34.1 Å². The maximum absolute atomic E-state index is 5.67. The maximum atomic E-state index is 5.67. The highest BCUT2D eigenvalue weighted by molar-refractivity contribution is 5.25. The lowest BCUT2D eigenvalue weighted by Crippen LogP contribution is -2.19. The van der Waals surface area contributed by atoms with Gasteiger partial charge in [-0.2, -0.15) is 0 Å². The van der Waals surface area contributed by atoms with E-state index in [-0.39, 0.29) is 0 Å². The third-order valence-corrected chi connectivity index (χ3v) is 2.76. The fraction of sp³-hybridized carbons (Fsp3) is 0.688. The van der Waals surface area contributed by atoms with Crippen LogP contribution < -0.4 is 10.1 Å². The number of aromatic nitrogens is 1. The lowest BCUT2D eigenvalue weighted by atomic mass is 10.1. The molecule has 1 N–H and O–H groups in total. The van der Waals surface area contributed by atoms with Crippen LogP contribution in [0.3, 0.4) is 0 Å². The standard InChI is InChI=1S/C16H28N2O/c1-5-7-15-9-14(12-17-11-13(3)4)10-16(18-15)19-8-6-2/h9-10,13,17H,5-8,11-12H2,1-4H3. The largest absolute Gasteiger partial charge is 0.478 e. The molecule has 19 heavy (non-hydrogen) atoms. The van der Waals surface area contributed by atoms with E-state index in [1.165, 1.54) is 5.56 Å². The first-order chi connectivity index (χ1) is 9.15. The van der Waals surface area contributed by atoms with Crippen molar-refractivity contribution in [3.05, 3.63) is 23.4 Å². The molecule has 108 valence electrons. The summed E-state index contributed by atoms with van der Waals surface area (Å²) in [5, 5.41) is 3.47. The van der Waals surface area contributed by atoms with Gasteiger partial charge in [-0.3, -0.25) is 0 Å². The van der Waals surface area contributed by atoms with E-state index >= 15 is 0 Å². The van der Waals surface area contributed by atoms with Crippen LogP contribution in [0.25, 0.3) is 0 Å². The minimum absolute atomic E-state index is 0.674. The van der Waals surface area contributed by atoms with E-state index in [1.54, 1.807) is 0 Å². The highest BCUT2D eigenvalue weighted by Gasteiger charge is 2.04. The monoisotopic (exact) mass is 264 g/mol. The molecule has 1 rings (SSSR count). The van der Waals surface area contributed by atoms with Gasteiger partial charge in [0.15, 0.2) is 0 Å². The Kier molecular flexibility index (Phi) is 7.49. The van der Waals surface area contributed by atoms with Gasteiger partial charge in [0.05, 0.1) is 6.61 Å². The number of pyridine rings is 1. The molecule has 0 aliphatic carbocycles. The molecule has 0 aromatic carbocycles. The Balaban J connectivity index is 2.68. The van der Waals surface area contributed by atoms with Crippen molar-refractivity contribution in [1.82, 2.24) is 10.3 Å². The van der Waals surface area contributed by atoms with Crippen LogP contribution in [0.1, 0.15) is 51.8 Å². The first-order valence-electron chi connectivity index (χ1n) is 7.49. The van der Waals surface area contributed by atoms with Crippen LogP contribution in [0, 0.1) is 5.92 Å². The lowest BCUT2D eigenvalue weighted by molar-refractivity contribution is 0.304. The molecule has 0 saturated heterocycles. The molecular weight excluding hydrogens is 236 g/mol. The summed E-state index contributed by atoms with van der Waals surface area (Å²) >= 11 is 0. The van der Waals surface area contributed by atoms with Gasteiger partial charge < -0.3 is 10.1 Å². The van der Waals surface area contributed by atoms with E-state index < -0.39 is 0 Å². The molecule has 3 nitrogen and oxygen atoms in total. The molecule has 1 aromatic rings. The number of hydrogen-bond acceptors (Lipinski definition) is 3. The van der Waals surface area contributed by atoms with Gasteiger partial charge in [-0.25, -0.2) is 4.98 Å². The Labute approximate surface area is 117 Å². The number of hydrogen-bond donors (Lipinski definition) is 1. The summed E-state index contributed by atoms with van der Waals surface area (Å²) < 4.78 is 5.67. The van der Waals surface area contributed by atoms with Crippen molar-refractivity contribution in [2.45, 2.75) is 53.5 Å². The van der Waals surface area contributed by atoms with Gasteiger partial charge in [0.1, 0.15) is 0 Å². The number of nitrogens with one attached hydrogen (secondary N) is 1. The molecule has 0 saturated carbocycles. The second kappa shape index (κ2) is 8.92. The van der Waals surface area contributed by atoms with Crippen molar-refractivity contribution in [2.75, 3.05) is 13.2 Å². The van der Waals surface area contributed by atoms with Crippen LogP contribution in [0.15, 0.2) is 12.1 Å². The number of aryl methyl sites for hydroxylation is 1. The second-order valence-electron chi connectivity index (χ2n) is 5.43. The minimum Gasteiger partial charge on any atom is -0.478 e. The van der Waals surface area contributed by atoms with E-state index in [0.29, 0.717) is 5.92 Å². The summed E-state index contributed by atoms with van der Waals surface area (Å²) in [6, 6.07) is 4.25. The molecule has 0 aliphatic heterocycles. The van der Waals surface area contributed by atoms with Crippen molar-refractivity contribution in [1.29, 1.82) is 0 Å². The predicted octanol–water partition coefficient (Wildman–Crippen LogP) is 3.57. The maximum Gasteiger partial charge on any atom is 0.213 e. The highest BCUT2D eigenvalue weighted by atomic mass is 16.5.